The first-order chi connectivity index (χ1) is 17.2. The molecule has 1 atom stereocenters. The van der Waals surface area contributed by atoms with E-state index in [-0.39, 0.29) is 11.5 Å². The SMILES string of the molecule is CCC(Nc1nc(N)nc(C)c1/C(C)=C\C(=O)O)c1nc2cccc(C)c2c(=O)n1-c1ccccc1. The summed E-state index contributed by atoms with van der Waals surface area (Å²) in [5.74, 6) is -0.141. The molecule has 36 heavy (non-hydrogen) atoms. The van der Waals surface area contributed by atoms with Gasteiger partial charge in [0.2, 0.25) is 5.95 Å². The average Bonchev–Trinajstić information content (AvgIpc) is 2.82. The monoisotopic (exact) mass is 484 g/mol. The molecule has 9 heteroatoms. The summed E-state index contributed by atoms with van der Waals surface area (Å²) in [6.45, 7) is 7.29. The van der Waals surface area contributed by atoms with Gasteiger partial charge in [-0.2, -0.15) is 4.98 Å². The quantitative estimate of drug-likeness (QED) is 0.328. The predicted molar refractivity (Wildman–Crippen MR) is 141 cm³/mol. The highest BCUT2D eigenvalue weighted by Gasteiger charge is 2.23. The van der Waals surface area contributed by atoms with E-state index in [0.717, 1.165) is 11.6 Å². The Morgan fingerprint density at radius 1 is 1.11 bits per heavy atom. The minimum atomic E-state index is -1.08. The van der Waals surface area contributed by atoms with Gasteiger partial charge in [0.25, 0.3) is 5.56 Å². The summed E-state index contributed by atoms with van der Waals surface area (Å²) < 4.78 is 1.62. The van der Waals surface area contributed by atoms with Crippen LogP contribution in [0.3, 0.4) is 0 Å². The molecule has 0 spiro atoms. The van der Waals surface area contributed by atoms with Crippen molar-refractivity contribution in [2.75, 3.05) is 11.1 Å². The number of benzene rings is 2. The number of allylic oxidation sites excluding steroid dienone is 1. The Morgan fingerprint density at radius 3 is 2.50 bits per heavy atom. The Hall–Kier alpha value is -4.53. The lowest BCUT2D eigenvalue weighted by molar-refractivity contribution is -0.131. The number of nitrogens with one attached hydrogen (secondary N) is 1. The number of aliphatic carboxylic acids is 1. The van der Waals surface area contributed by atoms with E-state index >= 15 is 0 Å². The van der Waals surface area contributed by atoms with Crippen molar-refractivity contribution in [3.05, 3.63) is 87.6 Å². The topological polar surface area (TPSA) is 136 Å². The zero-order valence-corrected chi connectivity index (χ0v) is 20.6. The fraction of sp³-hybridized carbons (Fsp3) is 0.222. The molecular weight excluding hydrogens is 456 g/mol. The molecule has 0 saturated heterocycles. The zero-order valence-electron chi connectivity index (χ0n) is 20.6. The first kappa shape index (κ1) is 24.6. The van der Waals surface area contributed by atoms with Crippen LogP contribution in [0.5, 0.6) is 0 Å². The Bertz CT molecular complexity index is 1540. The number of nitrogen functional groups attached to an aromatic ring is 1. The number of carbonyl (C=O) groups is 1. The van der Waals surface area contributed by atoms with E-state index in [9.17, 15) is 14.7 Å². The van der Waals surface area contributed by atoms with E-state index in [1.807, 2.05) is 62.4 Å². The lowest BCUT2D eigenvalue weighted by Crippen LogP contribution is -2.29. The molecule has 0 aliphatic carbocycles. The number of hydrogen-bond donors (Lipinski definition) is 3. The third-order valence-electron chi connectivity index (χ3n) is 6.02. The van der Waals surface area contributed by atoms with E-state index in [1.54, 1.807) is 18.4 Å². The summed E-state index contributed by atoms with van der Waals surface area (Å²) in [6.07, 6.45) is 1.66. The van der Waals surface area contributed by atoms with E-state index in [1.165, 1.54) is 0 Å². The summed E-state index contributed by atoms with van der Waals surface area (Å²) >= 11 is 0. The maximum Gasteiger partial charge on any atom is 0.328 e. The van der Waals surface area contributed by atoms with Crippen molar-refractivity contribution in [3.63, 3.8) is 0 Å². The van der Waals surface area contributed by atoms with E-state index in [2.05, 4.69) is 15.3 Å². The molecule has 4 rings (SSSR count). The number of anilines is 2. The van der Waals surface area contributed by atoms with E-state index in [4.69, 9.17) is 10.7 Å². The maximum atomic E-state index is 13.8. The Morgan fingerprint density at radius 2 is 1.83 bits per heavy atom. The van der Waals surface area contributed by atoms with Crippen LogP contribution in [0.25, 0.3) is 22.2 Å². The van der Waals surface area contributed by atoms with Crippen LogP contribution in [0.2, 0.25) is 0 Å². The van der Waals surface area contributed by atoms with E-state index < -0.39 is 12.0 Å². The standard InChI is InChI=1S/C27H28N6O3/c1-5-19(30-24-22(16(3)14-21(34)35)17(4)29-27(28)32-24)25-31-20-13-9-10-15(2)23(20)26(36)33(25)18-11-7-6-8-12-18/h6-14,19H,5H2,1-4H3,(H,34,35)(H3,28,29,30,32)/b16-14-. The fourth-order valence-corrected chi connectivity index (χ4v) is 4.42. The molecule has 0 aliphatic heterocycles. The normalized spacial score (nSPS) is 12.5. The molecule has 184 valence electrons. The van der Waals surface area contributed by atoms with Crippen molar-refractivity contribution in [2.45, 2.75) is 40.2 Å². The third-order valence-corrected chi connectivity index (χ3v) is 6.02. The van der Waals surface area contributed by atoms with Crippen molar-refractivity contribution in [1.29, 1.82) is 0 Å². The van der Waals surface area contributed by atoms with Crippen LogP contribution in [-0.4, -0.2) is 30.6 Å². The molecule has 0 saturated carbocycles. The van der Waals surface area contributed by atoms with Gasteiger partial charge in [0.05, 0.1) is 28.3 Å². The number of hydrogen-bond acceptors (Lipinski definition) is 7. The predicted octanol–water partition coefficient (Wildman–Crippen LogP) is 4.43. The first-order valence-electron chi connectivity index (χ1n) is 11.6. The molecule has 2 aromatic heterocycles. The fourth-order valence-electron chi connectivity index (χ4n) is 4.42. The Kier molecular flexibility index (Phi) is 6.82. The van der Waals surface area contributed by atoms with Gasteiger partial charge in [-0.1, -0.05) is 37.3 Å². The van der Waals surface area contributed by atoms with Gasteiger partial charge in [-0.15, -0.1) is 0 Å². The summed E-state index contributed by atoms with van der Waals surface area (Å²) in [7, 11) is 0. The molecule has 0 bridgehead atoms. The lowest BCUT2D eigenvalue weighted by atomic mass is 10.0. The van der Waals surface area contributed by atoms with Crippen LogP contribution >= 0.6 is 0 Å². The molecule has 9 nitrogen and oxygen atoms in total. The van der Waals surface area contributed by atoms with Gasteiger partial charge in [-0.05, 0) is 56.5 Å². The van der Waals surface area contributed by atoms with Crippen molar-refractivity contribution in [3.8, 4) is 5.69 Å². The molecule has 4 N–H and O–H groups in total. The summed E-state index contributed by atoms with van der Waals surface area (Å²) in [5.41, 5.74) is 9.47. The number of aromatic nitrogens is 4. The highest BCUT2D eigenvalue weighted by molar-refractivity contribution is 5.91. The molecule has 2 aromatic carbocycles. The zero-order chi connectivity index (χ0) is 26.0. The van der Waals surface area contributed by atoms with Gasteiger partial charge < -0.3 is 16.2 Å². The number of nitrogens with zero attached hydrogens (tertiary/aromatic N) is 4. The van der Waals surface area contributed by atoms with Gasteiger partial charge in [0.15, 0.2) is 0 Å². The second-order valence-electron chi connectivity index (χ2n) is 8.58. The molecule has 0 aliphatic rings. The van der Waals surface area contributed by atoms with Crippen LogP contribution in [0.15, 0.2) is 59.4 Å². The highest BCUT2D eigenvalue weighted by Crippen LogP contribution is 2.30. The average molecular weight is 485 g/mol. The maximum absolute atomic E-state index is 13.8. The smallest absolute Gasteiger partial charge is 0.328 e. The molecule has 0 radical (unpaired) electrons. The number of nitrogens with two attached hydrogens (primary N) is 1. The molecule has 2 heterocycles. The second-order valence-corrected chi connectivity index (χ2v) is 8.58. The molecule has 4 aromatic rings. The van der Waals surface area contributed by atoms with Crippen LogP contribution in [0, 0.1) is 13.8 Å². The van der Waals surface area contributed by atoms with Crippen LogP contribution in [0.4, 0.5) is 11.8 Å². The number of rotatable bonds is 7. The Balaban J connectivity index is 1.96. The molecule has 0 fully saturated rings. The van der Waals surface area contributed by atoms with Crippen molar-refractivity contribution in [2.24, 2.45) is 0 Å². The molecular formula is C27H28N6O3. The first-order valence-corrected chi connectivity index (χ1v) is 11.6. The van der Waals surface area contributed by atoms with Crippen molar-refractivity contribution >= 4 is 34.2 Å². The highest BCUT2D eigenvalue weighted by atomic mass is 16.4. The van der Waals surface area contributed by atoms with Crippen molar-refractivity contribution in [1.82, 2.24) is 19.5 Å². The van der Waals surface area contributed by atoms with Crippen LogP contribution in [0.1, 0.15) is 49.0 Å². The van der Waals surface area contributed by atoms with Crippen LogP contribution < -0.4 is 16.6 Å². The number of fused-ring (bicyclic) bond motifs is 1. The van der Waals surface area contributed by atoms with Crippen LogP contribution in [-0.2, 0) is 4.79 Å². The van der Waals surface area contributed by atoms with E-state index in [0.29, 0.717) is 51.5 Å². The van der Waals surface area contributed by atoms with Gasteiger partial charge >= 0.3 is 5.97 Å². The molecule has 0 amide bonds. The Labute approximate surface area is 208 Å². The number of aryl methyl sites for hydroxylation is 2. The van der Waals surface area contributed by atoms with Gasteiger partial charge in [-0.25, -0.2) is 14.8 Å². The summed E-state index contributed by atoms with van der Waals surface area (Å²) in [4.78, 5) is 38.7. The van der Waals surface area contributed by atoms with Crippen molar-refractivity contribution < 1.29 is 9.90 Å². The van der Waals surface area contributed by atoms with Gasteiger partial charge in [-0.3, -0.25) is 9.36 Å². The number of carboxylic acids is 1. The molecule has 1 unspecified atom stereocenters. The second kappa shape index (κ2) is 9.99. The van der Waals surface area contributed by atoms with Gasteiger partial charge in [0.1, 0.15) is 11.6 Å². The minimum absolute atomic E-state index is 0.0549. The minimum Gasteiger partial charge on any atom is -0.478 e. The lowest BCUT2D eigenvalue weighted by Gasteiger charge is -2.24. The largest absolute Gasteiger partial charge is 0.478 e. The summed E-state index contributed by atoms with van der Waals surface area (Å²) in [6, 6.07) is 14.5. The third kappa shape index (κ3) is 4.68. The number of para-hydroxylation sites is 1. The number of carboxylic acid groups (broad SMARTS) is 1. The summed E-state index contributed by atoms with van der Waals surface area (Å²) in [5, 5.41) is 13.2. The van der Waals surface area contributed by atoms with Gasteiger partial charge in [0, 0.05) is 11.6 Å².